The van der Waals surface area contributed by atoms with Gasteiger partial charge in [0.1, 0.15) is 18.3 Å². The van der Waals surface area contributed by atoms with Crippen LogP contribution in [0.15, 0.2) is 29.9 Å². The summed E-state index contributed by atoms with van der Waals surface area (Å²) in [7, 11) is 0. The highest BCUT2D eigenvalue weighted by molar-refractivity contribution is 7.13. The molecular formula is C21H19N7O4S. The van der Waals surface area contributed by atoms with Gasteiger partial charge in [-0.15, -0.1) is 16.4 Å². The smallest absolute Gasteiger partial charge is 0.255 e. The van der Waals surface area contributed by atoms with Crippen LogP contribution >= 0.6 is 11.3 Å². The summed E-state index contributed by atoms with van der Waals surface area (Å²) in [6.45, 7) is 2.00. The number of carbonyl (C=O) groups is 4. The number of aryl methyl sites for hydroxylation is 1. The monoisotopic (exact) mass is 465 g/mol. The van der Waals surface area contributed by atoms with Crippen molar-refractivity contribution >= 4 is 40.7 Å². The molecule has 11 nitrogen and oxygen atoms in total. The first-order valence-corrected chi connectivity index (χ1v) is 11.2. The molecule has 1 atom stereocenters. The normalized spacial score (nSPS) is 17.8. The number of benzene rings is 1. The molecule has 1 fully saturated rings. The van der Waals surface area contributed by atoms with Gasteiger partial charge in [0.05, 0.1) is 22.3 Å². The Labute approximate surface area is 191 Å². The molecule has 4 amide bonds. The van der Waals surface area contributed by atoms with Gasteiger partial charge in [-0.05, 0) is 25.5 Å². The lowest BCUT2D eigenvalue weighted by Crippen LogP contribution is -2.52. The van der Waals surface area contributed by atoms with Crippen LogP contribution in [-0.4, -0.2) is 54.5 Å². The summed E-state index contributed by atoms with van der Waals surface area (Å²) < 4.78 is 1.44. The number of piperidine rings is 1. The van der Waals surface area contributed by atoms with Crippen molar-refractivity contribution in [3.8, 4) is 10.6 Å². The van der Waals surface area contributed by atoms with E-state index in [1.54, 1.807) is 29.9 Å². The minimum absolute atomic E-state index is 0.0562. The number of hydrogen-bond donors (Lipinski definition) is 2. The fraction of sp³-hybridized carbons (Fsp3) is 0.286. The molecule has 1 aromatic carbocycles. The van der Waals surface area contributed by atoms with E-state index < -0.39 is 11.9 Å². The summed E-state index contributed by atoms with van der Waals surface area (Å²) in [4.78, 5) is 55.8. The van der Waals surface area contributed by atoms with E-state index in [2.05, 4.69) is 25.9 Å². The van der Waals surface area contributed by atoms with Crippen LogP contribution in [0.2, 0.25) is 0 Å². The molecule has 3 aromatic rings. The van der Waals surface area contributed by atoms with Crippen molar-refractivity contribution in [2.75, 3.05) is 5.32 Å². The number of thiazole rings is 1. The van der Waals surface area contributed by atoms with Crippen LogP contribution in [0.5, 0.6) is 0 Å². The predicted molar refractivity (Wildman–Crippen MR) is 117 cm³/mol. The molecule has 0 bridgehead atoms. The molecule has 2 aliphatic heterocycles. The van der Waals surface area contributed by atoms with E-state index in [9.17, 15) is 19.2 Å². The van der Waals surface area contributed by atoms with Crippen LogP contribution in [-0.2, 0) is 27.5 Å². The number of rotatable bonds is 5. The Morgan fingerprint density at radius 1 is 1.30 bits per heavy atom. The van der Waals surface area contributed by atoms with E-state index in [0.29, 0.717) is 22.5 Å². The standard InChI is InChI=1S/C21H19N7O4S/c1-11-19(33-10-22-11)15-8-27(26-25-15)9-18(30)23-14-4-2-3-12-13(14)7-28(21(12)32)16-5-6-17(29)24-20(16)31/h2-4,8,10,16H,5-7,9H2,1H3,(H,23,30)(H,24,29,31). The van der Waals surface area contributed by atoms with Gasteiger partial charge in [0.15, 0.2) is 0 Å². The summed E-state index contributed by atoms with van der Waals surface area (Å²) in [6, 6.07) is 4.35. The Morgan fingerprint density at radius 3 is 2.91 bits per heavy atom. The highest BCUT2D eigenvalue weighted by atomic mass is 32.1. The second kappa shape index (κ2) is 8.20. The Kier molecular flexibility index (Phi) is 5.21. The maximum atomic E-state index is 12.9. The highest BCUT2D eigenvalue weighted by Crippen LogP contribution is 2.32. The van der Waals surface area contributed by atoms with Gasteiger partial charge in [0.2, 0.25) is 17.7 Å². The zero-order valence-electron chi connectivity index (χ0n) is 17.6. The molecule has 0 saturated carbocycles. The molecule has 12 heteroatoms. The van der Waals surface area contributed by atoms with Gasteiger partial charge >= 0.3 is 0 Å². The summed E-state index contributed by atoms with van der Waals surface area (Å²) >= 11 is 1.45. The van der Waals surface area contributed by atoms with Gasteiger partial charge in [-0.3, -0.25) is 24.5 Å². The largest absolute Gasteiger partial charge is 0.324 e. The Hall–Kier alpha value is -3.93. The average Bonchev–Trinajstić information content (AvgIpc) is 3.48. The van der Waals surface area contributed by atoms with Crippen molar-refractivity contribution in [2.45, 2.75) is 38.9 Å². The molecule has 33 heavy (non-hydrogen) atoms. The second-order valence-corrected chi connectivity index (χ2v) is 8.70. The zero-order chi connectivity index (χ0) is 23.1. The molecular weight excluding hydrogens is 446 g/mol. The molecule has 0 radical (unpaired) electrons. The third-order valence-corrected chi connectivity index (χ3v) is 6.63. The van der Waals surface area contributed by atoms with Crippen molar-refractivity contribution in [1.29, 1.82) is 0 Å². The number of fused-ring (bicyclic) bond motifs is 1. The molecule has 0 spiro atoms. The number of hydrogen-bond acceptors (Lipinski definition) is 8. The SMILES string of the molecule is Cc1ncsc1-c1cn(CC(=O)Nc2cccc3c2CN(C2CCC(=O)NC2=O)C3=O)nn1. The van der Waals surface area contributed by atoms with Gasteiger partial charge in [0, 0.05) is 29.8 Å². The topological polar surface area (TPSA) is 139 Å². The van der Waals surface area contributed by atoms with Gasteiger partial charge in [0.25, 0.3) is 5.91 Å². The lowest BCUT2D eigenvalue weighted by molar-refractivity contribution is -0.137. The lowest BCUT2D eigenvalue weighted by atomic mass is 10.0. The number of nitrogens with one attached hydrogen (secondary N) is 2. The van der Waals surface area contributed by atoms with Crippen LogP contribution in [0.1, 0.15) is 34.5 Å². The van der Waals surface area contributed by atoms with Crippen molar-refractivity contribution in [1.82, 2.24) is 30.2 Å². The highest BCUT2D eigenvalue weighted by Gasteiger charge is 2.39. The van der Waals surface area contributed by atoms with Crippen molar-refractivity contribution in [3.63, 3.8) is 0 Å². The Morgan fingerprint density at radius 2 is 2.15 bits per heavy atom. The van der Waals surface area contributed by atoms with Crippen LogP contribution in [0, 0.1) is 6.92 Å². The predicted octanol–water partition coefficient (Wildman–Crippen LogP) is 1.11. The van der Waals surface area contributed by atoms with E-state index in [-0.39, 0.29) is 43.7 Å². The summed E-state index contributed by atoms with van der Waals surface area (Å²) in [5, 5.41) is 13.2. The van der Waals surface area contributed by atoms with Gasteiger partial charge in [-0.2, -0.15) is 0 Å². The molecule has 1 unspecified atom stereocenters. The Bertz CT molecular complexity index is 1300. The molecule has 2 N–H and O–H groups in total. The Balaban J connectivity index is 1.30. The maximum absolute atomic E-state index is 12.9. The van der Waals surface area contributed by atoms with Crippen molar-refractivity contribution in [2.24, 2.45) is 0 Å². The molecule has 2 aliphatic rings. The summed E-state index contributed by atoms with van der Waals surface area (Å²) in [5.74, 6) is -1.43. The second-order valence-electron chi connectivity index (χ2n) is 7.85. The lowest BCUT2D eigenvalue weighted by Gasteiger charge is -2.29. The van der Waals surface area contributed by atoms with E-state index in [1.165, 1.54) is 20.9 Å². The minimum Gasteiger partial charge on any atom is -0.324 e. The van der Waals surface area contributed by atoms with Gasteiger partial charge < -0.3 is 10.2 Å². The molecule has 4 heterocycles. The number of imide groups is 1. The molecule has 0 aliphatic carbocycles. The van der Waals surface area contributed by atoms with Crippen LogP contribution in [0.25, 0.3) is 10.6 Å². The van der Waals surface area contributed by atoms with Gasteiger partial charge in [-0.1, -0.05) is 11.3 Å². The molecule has 5 rings (SSSR count). The molecule has 2 aromatic heterocycles. The van der Waals surface area contributed by atoms with Crippen LogP contribution < -0.4 is 10.6 Å². The number of amides is 4. The number of aromatic nitrogens is 4. The summed E-state index contributed by atoms with van der Waals surface area (Å²) in [6.07, 6.45) is 2.14. The number of nitrogens with zero attached hydrogens (tertiary/aromatic N) is 5. The number of anilines is 1. The van der Waals surface area contributed by atoms with Crippen LogP contribution in [0.3, 0.4) is 0 Å². The first kappa shape index (κ1) is 20.9. The molecule has 1 saturated heterocycles. The van der Waals surface area contributed by atoms with E-state index in [0.717, 1.165) is 10.6 Å². The summed E-state index contributed by atoms with van der Waals surface area (Å²) in [5.41, 5.74) is 4.79. The third kappa shape index (κ3) is 3.89. The van der Waals surface area contributed by atoms with Gasteiger partial charge in [-0.25, -0.2) is 9.67 Å². The zero-order valence-corrected chi connectivity index (χ0v) is 18.4. The first-order chi connectivity index (χ1) is 15.9. The quantitative estimate of drug-likeness (QED) is 0.538. The van der Waals surface area contributed by atoms with E-state index >= 15 is 0 Å². The third-order valence-electron chi connectivity index (χ3n) is 5.68. The van der Waals surface area contributed by atoms with E-state index in [1.807, 2.05) is 6.92 Å². The minimum atomic E-state index is -0.713. The average molecular weight is 465 g/mol. The van der Waals surface area contributed by atoms with Crippen molar-refractivity contribution in [3.05, 3.63) is 46.7 Å². The molecule has 168 valence electrons. The van der Waals surface area contributed by atoms with Crippen LogP contribution in [0.4, 0.5) is 5.69 Å². The fourth-order valence-electron chi connectivity index (χ4n) is 4.07. The first-order valence-electron chi connectivity index (χ1n) is 10.3. The van der Waals surface area contributed by atoms with E-state index in [4.69, 9.17) is 0 Å². The number of carbonyl (C=O) groups excluding carboxylic acids is 4. The van der Waals surface area contributed by atoms with Crippen molar-refractivity contribution < 1.29 is 19.2 Å². The maximum Gasteiger partial charge on any atom is 0.255 e. The fourth-order valence-corrected chi connectivity index (χ4v) is 4.82.